The maximum atomic E-state index is 14.1. The molecule has 4 aromatic rings. The predicted molar refractivity (Wildman–Crippen MR) is 161 cm³/mol. The van der Waals surface area contributed by atoms with Crippen molar-refractivity contribution in [2.75, 3.05) is 25.3 Å². The number of nitrogens with one attached hydrogen (secondary N) is 1. The van der Waals surface area contributed by atoms with E-state index in [0.717, 1.165) is 33.3 Å². The molecule has 0 bridgehead atoms. The van der Waals surface area contributed by atoms with Crippen LogP contribution in [-0.2, 0) is 25.6 Å². The van der Waals surface area contributed by atoms with Crippen molar-refractivity contribution < 1.29 is 27.2 Å². The summed E-state index contributed by atoms with van der Waals surface area (Å²) in [6.45, 7) is 11.7. The zero-order valence-electron chi connectivity index (χ0n) is 24.9. The Bertz CT molecular complexity index is 1600. The number of pyridine rings is 1. The summed E-state index contributed by atoms with van der Waals surface area (Å²) in [6.07, 6.45) is 0.552. The number of aryl methyl sites for hydroxylation is 1. The van der Waals surface area contributed by atoms with E-state index in [1.54, 1.807) is 0 Å². The average Bonchev–Trinajstić information content (AvgIpc) is 3.39. The summed E-state index contributed by atoms with van der Waals surface area (Å²) in [5, 5.41) is 12.5. The van der Waals surface area contributed by atoms with Crippen LogP contribution >= 0.6 is 7.60 Å². The highest BCUT2D eigenvalue weighted by atomic mass is 31.2. The minimum absolute atomic E-state index is 0.122. The van der Waals surface area contributed by atoms with Gasteiger partial charge in [-0.2, -0.15) is 0 Å². The highest BCUT2D eigenvalue weighted by Gasteiger charge is 2.50. The van der Waals surface area contributed by atoms with Crippen LogP contribution in [0.25, 0.3) is 22.5 Å². The molecule has 0 aliphatic heterocycles. The maximum absolute atomic E-state index is 14.1. The molecule has 42 heavy (non-hydrogen) atoms. The number of benzene rings is 2. The van der Waals surface area contributed by atoms with Gasteiger partial charge in [-0.3, -0.25) is 9.09 Å². The van der Waals surface area contributed by atoms with E-state index in [4.69, 9.17) is 23.2 Å². The van der Waals surface area contributed by atoms with E-state index in [1.807, 2.05) is 62.4 Å². The van der Waals surface area contributed by atoms with Gasteiger partial charge in [0.05, 0.1) is 18.7 Å². The number of rotatable bonds is 11. The van der Waals surface area contributed by atoms with E-state index in [1.165, 1.54) is 6.66 Å². The monoisotopic (exact) mass is 596 g/mol. The number of alkyl halides is 1. The first kappa shape index (κ1) is 30.1. The maximum Gasteiger partial charge on any atom is 0.328 e. The quantitative estimate of drug-likeness (QED) is 0.175. The standard InChI is InChI=1S/C31H38FN4O5P/c1-7-38-23-14-24-20(2)13-26(34-27(24)25(15-23)30(3,4)5)28-35-36-29(40-28)33-22-16-31(17-22,19-32)41-42(6,37)39-18-21-11-9-8-10-12-21/h8-15,22H,7,16-19H2,1-6H3,(H,33,36). The molecule has 1 N–H and O–H groups in total. The van der Waals surface area contributed by atoms with Gasteiger partial charge in [-0.1, -0.05) is 56.2 Å². The number of nitrogens with zero attached hydrogens (tertiary/aromatic N) is 3. The Morgan fingerprint density at radius 1 is 1.14 bits per heavy atom. The fourth-order valence-electron chi connectivity index (χ4n) is 5.25. The molecule has 1 atom stereocenters. The zero-order valence-corrected chi connectivity index (χ0v) is 25.8. The van der Waals surface area contributed by atoms with Crippen LogP contribution in [0.4, 0.5) is 10.4 Å². The predicted octanol–water partition coefficient (Wildman–Crippen LogP) is 7.63. The third kappa shape index (κ3) is 6.66. The molecule has 0 saturated heterocycles. The van der Waals surface area contributed by atoms with Crippen LogP contribution in [0, 0.1) is 6.92 Å². The molecule has 9 nitrogen and oxygen atoms in total. The molecule has 1 aliphatic rings. The van der Waals surface area contributed by atoms with Crippen molar-refractivity contribution in [3.8, 4) is 17.3 Å². The molecule has 1 aliphatic carbocycles. The van der Waals surface area contributed by atoms with Crippen LogP contribution < -0.4 is 10.1 Å². The van der Waals surface area contributed by atoms with Crippen molar-refractivity contribution in [2.24, 2.45) is 0 Å². The molecule has 2 aromatic heterocycles. The first-order valence-corrected chi connectivity index (χ1v) is 16.1. The minimum Gasteiger partial charge on any atom is -0.494 e. The van der Waals surface area contributed by atoms with E-state index >= 15 is 0 Å². The van der Waals surface area contributed by atoms with Gasteiger partial charge in [-0.25, -0.2) is 9.37 Å². The normalized spacial score (nSPS) is 20.2. The summed E-state index contributed by atoms with van der Waals surface area (Å²) in [4.78, 5) is 4.92. The van der Waals surface area contributed by atoms with Gasteiger partial charge in [0.25, 0.3) is 5.89 Å². The fraction of sp³-hybridized carbons (Fsp3) is 0.452. The van der Waals surface area contributed by atoms with Crippen molar-refractivity contribution in [2.45, 2.75) is 71.1 Å². The zero-order chi connectivity index (χ0) is 30.1. The van der Waals surface area contributed by atoms with Gasteiger partial charge in [0.15, 0.2) is 0 Å². The Morgan fingerprint density at radius 2 is 1.88 bits per heavy atom. The molecule has 1 saturated carbocycles. The summed E-state index contributed by atoms with van der Waals surface area (Å²) in [5.74, 6) is 1.09. The largest absolute Gasteiger partial charge is 0.494 e. The number of aromatic nitrogens is 3. The Labute approximate surface area is 245 Å². The number of halogens is 1. The van der Waals surface area contributed by atoms with Gasteiger partial charge in [0, 0.05) is 18.1 Å². The van der Waals surface area contributed by atoms with E-state index in [-0.39, 0.29) is 42.8 Å². The smallest absolute Gasteiger partial charge is 0.328 e. The van der Waals surface area contributed by atoms with Gasteiger partial charge >= 0.3 is 13.6 Å². The van der Waals surface area contributed by atoms with Crippen LogP contribution in [0.3, 0.4) is 0 Å². The second kappa shape index (κ2) is 11.7. The van der Waals surface area contributed by atoms with Gasteiger partial charge in [0.1, 0.15) is 23.7 Å². The first-order chi connectivity index (χ1) is 19.9. The first-order valence-electron chi connectivity index (χ1n) is 14.1. The molecule has 5 rings (SSSR count). The molecule has 2 aromatic carbocycles. The van der Waals surface area contributed by atoms with Crippen molar-refractivity contribution in [1.82, 2.24) is 15.2 Å². The second-order valence-electron chi connectivity index (χ2n) is 12.0. The van der Waals surface area contributed by atoms with E-state index < -0.39 is 19.9 Å². The number of hydrogen-bond acceptors (Lipinski definition) is 9. The van der Waals surface area contributed by atoms with Crippen molar-refractivity contribution in [3.05, 3.63) is 65.2 Å². The van der Waals surface area contributed by atoms with Crippen LogP contribution in [0.15, 0.2) is 52.9 Å². The van der Waals surface area contributed by atoms with Crippen molar-refractivity contribution >= 4 is 24.5 Å². The summed E-state index contributed by atoms with van der Waals surface area (Å²) in [5.41, 5.74) is 2.99. The number of fused-ring (bicyclic) bond motifs is 1. The third-order valence-corrected chi connectivity index (χ3v) is 8.65. The van der Waals surface area contributed by atoms with Gasteiger partial charge in [-0.05, 0) is 67.0 Å². The summed E-state index contributed by atoms with van der Waals surface area (Å²) in [6, 6.07) is 15.3. The summed E-state index contributed by atoms with van der Waals surface area (Å²) < 4.78 is 50.0. The molecule has 1 unspecified atom stereocenters. The fourth-order valence-corrected chi connectivity index (χ4v) is 6.59. The van der Waals surface area contributed by atoms with Gasteiger partial charge in [-0.15, -0.1) is 5.10 Å². The minimum atomic E-state index is -3.49. The Morgan fingerprint density at radius 3 is 2.55 bits per heavy atom. The van der Waals surface area contributed by atoms with Crippen LogP contribution in [0.1, 0.15) is 57.2 Å². The Balaban J connectivity index is 1.27. The van der Waals surface area contributed by atoms with Crippen molar-refractivity contribution in [3.63, 3.8) is 0 Å². The van der Waals surface area contributed by atoms with Crippen LogP contribution in [0.2, 0.25) is 0 Å². The lowest BCUT2D eigenvalue weighted by Crippen LogP contribution is -2.53. The summed E-state index contributed by atoms with van der Waals surface area (Å²) >= 11 is 0. The Hall–Kier alpha value is -3.33. The molecule has 2 heterocycles. The number of hydrogen-bond donors (Lipinski definition) is 1. The van der Waals surface area contributed by atoms with Crippen LogP contribution in [-0.4, -0.2) is 46.8 Å². The second-order valence-corrected chi connectivity index (χ2v) is 14.0. The molecule has 1 fully saturated rings. The highest BCUT2D eigenvalue weighted by Crippen LogP contribution is 2.54. The SMILES string of the molecule is CCOc1cc(C(C)(C)C)c2nc(-c3nnc(NC4CC(CF)(OP(C)(=O)OCc5ccccc5)C4)o3)cc(C)c2c1. The third-order valence-electron chi connectivity index (χ3n) is 7.33. The highest BCUT2D eigenvalue weighted by molar-refractivity contribution is 7.53. The lowest BCUT2D eigenvalue weighted by atomic mass is 9.77. The van der Waals surface area contributed by atoms with E-state index in [0.29, 0.717) is 12.3 Å². The lowest BCUT2D eigenvalue weighted by Gasteiger charge is -2.45. The molecule has 0 spiro atoms. The number of ether oxygens (including phenoxy) is 1. The van der Waals surface area contributed by atoms with Crippen LogP contribution in [0.5, 0.6) is 5.75 Å². The van der Waals surface area contributed by atoms with Gasteiger partial charge in [0.2, 0.25) is 0 Å². The average molecular weight is 597 g/mol. The molecule has 11 heteroatoms. The Kier molecular flexibility index (Phi) is 8.43. The molecule has 224 valence electrons. The number of anilines is 1. The summed E-state index contributed by atoms with van der Waals surface area (Å²) in [7, 11) is -3.49. The molecule has 0 radical (unpaired) electrons. The van der Waals surface area contributed by atoms with Crippen molar-refractivity contribution in [1.29, 1.82) is 0 Å². The molecular formula is C31H38FN4O5P. The van der Waals surface area contributed by atoms with Gasteiger partial charge < -0.3 is 19.0 Å². The topological polar surface area (TPSA) is 109 Å². The van der Waals surface area contributed by atoms with E-state index in [9.17, 15) is 8.96 Å². The lowest BCUT2D eigenvalue weighted by molar-refractivity contribution is -0.0462. The molecule has 0 amide bonds. The molecular weight excluding hydrogens is 558 g/mol. The van der Waals surface area contributed by atoms with E-state index in [2.05, 4.69) is 36.3 Å².